The molecule has 4 heteroatoms. The summed E-state index contributed by atoms with van der Waals surface area (Å²) in [4.78, 5) is 11.8. The molecule has 1 unspecified atom stereocenters. The van der Waals surface area contributed by atoms with Gasteiger partial charge in [-0.1, -0.05) is 32.6 Å². The van der Waals surface area contributed by atoms with E-state index in [1.165, 1.54) is 12.2 Å². The molecular formula is C18H32O4. The summed E-state index contributed by atoms with van der Waals surface area (Å²) in [5, 5.41) is 19.6. The molecule has 0 aromatic carbocycles. The Hall–Kier alpha value is -0.870. The van der Waals surface area contributed by atoms with E-state index in [0.29, 0.717) is 12.8 Å². The van der Waals surface area contributed by atoms with Gasteiger partial charge in [-0.25, -0.2) is 4.79 Å². The number of carbonyl (C=O) groups is 1. The molecule has 4 nitrogen and oxygen atoms in total. The van der Waals surface area contributed by atoms with Crippen molar-refractivity contribution in [2.75, 3.05) is 0 Å². The molecular weight excluding hydrogens is 280 g/mol. The van der Waals surface area contributed by atoms with Gasteiger partial charge in [0, 0.05) is 6.08 Å². The van der Waals surface area contributed by atoms with E-state index in [-0.39, 0.29) is 18.2 Å². The fraction of sp³-hybridized carbons (Fsp3) is 0.833. The van der Waals surface area contributed by atoms with Crippen LogP contribution in [0.2, 0.25) is 0 Å². The second-order valence-electron chi connectivity index (χ2n) is 6.35. The monoisotopic (exact) mass is 312 g/mol. The summed E-state index contributed by atoms with van der Waals surface area (Å²) >= 11 is 0. The maximum atomic E-state index is 11.8. The quantitative estimate of drug-likeness (QED) is 0.616. The van der Waals surface area contributed by atoms with Gasteiger partial charge >= 0.3 is 5.97 Å². The Bertz CT molecular complexity index is 327. The molecule has 0 aliphatic carbocycles. The zero-order valence-electron chi connectivity index (χ0n) is 13.9. The van der Waals surface area contributed by atoms with Crippen molar-refractivity contribution >= 4 is 5.97 Å². The standard InChI is InChI=1S/C18H32O4/c1-2-3-5-9-17-10-7-4-6-8-15(19)11-12-16(20)13-14-18(21)22-17/h13-17,19-20H,2-12H2,1H3/b14-13+/t15-,16+,17?/m1/s1. The minimum Gasteiger partial charge on any atom is -0.459 e. The predicted octanol–water partition coefficient (Wildman–Crippen LogP) is 3.50. The van der Waals surface area contributed by atoms with Crippen LogP contribution in [0, 0.1) is 0 Å². The molecule has 0 aromatic heterocycles. The van der Waals surface area contributed by atoms with Gasteiger partial charge in [-0.05, 0) is 51.0 Å². The Morgan fingerprint density at radius 3 is 2.64 bits per heavy atom. The van der Waals surface area contributed by atoms with Crippen LogP contribution in [-0.4, -0.2) is 34.5 Å². The molecule has 0 aromatic rings. The molecule has 0 saturated heterocycles. The minimum absolute atomic E-state index is 0.0197. The highest BCUT2D eigenvalue weighted by Crippen LogP contribution is 2.17. The summed E-state index contributed by atoms with van der Waals surface area (Å²) in [6.45, 7) is 2.16. The van der Waals surface area contributed by atoms with E-state index in [1.807, 2.05) is 0 Å². The number of rotatable bonds is 4. The van der Waals surface area contributed by atoms with E-state index in [9.17, 15) is 15.0 Å². The van der Waals surface area contributed by atoms with Crippen LogP contribution in [0.4, 0.5) is 0 Å². The average molecular weight is 312 g/mol. The first-order chi connectivity index (χ1) is 10.6. The first-order valence-corrected chi connectivity index (χ1v) is 8.86. The van der Waals surface area contributed by atoms with Crippen molar-refractivity contribution in [2.24, 2.45) is 0 Å². The Kier molecular flexibility index (Phi) is 10.2. The first kappa shape index (κ1) is 19.2. The lowest BCUT2D eigenvalue weighted by atomic mass is 10.0. The predicted molar refractivity (Wildman–Crippen MR) is 87.5 cm³/mol. The number of aliphatic hydroxyl groups excluding tert-OH is 2. The van der Waals surface area contributed by atoms with Crippen LogP contribution in [0.1, 0.15) is 77.6 Å². The fourth-order valence-electron chi connectivity index (χ4n) is 2.81. The largest absolute Gasteiger partial charge is 0.459 e. The van der Waals surface area contributed by atoms with E-state index >= 15 is 0 Å². The topological polar surface area (TPSA) is 66.8 Å². The molecule has 1 aliphatic rings. The zero-order chi connectivity index (χ0) is 16.2. The molecule has 1 rings (SSSR count). The van der Waals surface area contributed by atoms with Crippen LogP contribution in [0.15, 0.2) is 12.2 Å². The first-order valence-electron chi connectivity index (χ1n) is 8.86. The van der Waals surface area contributed by atoms with Crippen LogP contribution >= 0.6 is 0 Å². The van der Waals surface area contributed by atoms with Crippen LogP contribution in [0.3, 0.4) is 0 Å². The van der Waals surface area contributed by atoms with Gasteiger partial charge in [0.1, 0.15) is 6.10 Å². The fourth-order valence-corrected chi connectivity index (χ4v) is 2.81. The van der Waals surface area contributed by atoms with Gasteiger partial charge in [0.2, 0.25) is 0 Å². The smallest absolute Gasteiger partial charge is 0.330 e. The maximum Gasteiger partial charge on any atom is 0.330 e. The summed E-state index contributed by atoms with van der Waals surface area (Å²) in [7, 11) is 0. The summed E-state index contributed by atoms with van der Waals surface area (Å²) in [6, 6.07) is 0. The SMILES string of the molecule is CCCCCC1CCCCC[C@@H](O)CC[C@H](O)/C=C/C(=O)O1. The lowest BCUT2D eigenvalue weighted by Crippen LogP contribution is -2.18. The summed E-state index contributed by atoms with van der Waals surface area (Å²) in [6.07, 6.45) is 11.9. The van der Waals surface area contributed by atoms with Gasteiger partial charge in [-0.3, -0.25) is 0 Å². The highest BCUT2D eigenvalue weighted by molar-refractivity contribution is 5.82. The number of cyclic esters (lactones) is 1. The van der Waals surface area contributed by atoms with Crippen molar-refractivity contribution in [3.8, 4) is 0 Å². The van der Waals surface area contributed by atoms with E-state index in [1.54, 1.807) is 0 Å². The third kappa shape index (κ3) is 9.21. The summed E-state index contributed by atoms with van der Waals surface area (Å²) < 4.78 is 5.53. The summed E-state index contributed by atoms with van der Waals surface area (Å²) in [5.74, 6) is -0.363. The zero-order valence-corrected chi connectivity index (χ0v) is 13.9. The molecule has 0 spiro atoms. The van der Waals surface area contributed by atoms with Gasteiger partial charge in [0.15, 0.2) is 0 Å². The Morgan fingerprint density at radius 2 is 1.86 bits per heavy atom. The molecule has 1 heterocycles. The molecule has 0 amide bonds. The van der Waals surface area contributed by atoms with Crippen molar-refractivity contribution in [3.05, 3.63) is 12.2 Å². The van der Waals surface area contributed by atoms with E-state index < -0.39 is 6.10 Å². The lowest BCUT2D eigenvalue weighted by molar-refractivity contribution is -0.143. The van der Waals surface area contributed by atoms with Crippen molar-refractivity contribution < 1.29 is 19.7 Å². The Labute approximate surface area is 134 Å². The molecule has 0 radical (unpaired) electrons. The minimum atomic E-state index is -0.691. The molecule has 22 heavy (non-hydrogen) atoms. The molecule has 2 N–H and O–H groups in total. The van der Waals surface area contributed by atoms with Crippen LogP contribution in [-0.2, 0) is 9.53 Å². The number of esters is 1. The molecule has 3 atom stereocenters. The van der Waals surface area contributed by atoms with Crippen LogP contribution in [0.5, 0.6) is 0 Å². The number of carbonyl (C=O) groups excluding carboxylic acids is 1. The van der Waals surface area contributed by atoms with Gasteiger partial charge in [0.05, 0.1) is 12.2 Å². The van der Waals surface area contributed by atoms with Gasteiger partial charge in [0.25, 0.3) is 0 Å². The van der Waals surface area contributed by atoms with Crippen molar-refractivity contribution in [2.45, 2.75) is 95.9 Å². The third-order valence-corrected chi connectivity index (χ3v) is 4.23. The second kappa shape index (κ2) is 11.7. The highest BCUT2D eigenvalue weighted by Gasteiger charge is 2.14. The second-order valence-corrected chi connectivity index (χ2v) is 6.35. The molecule has 0 saturated carbocycles. The normalized spacial score (nSPS) is 30.3. The molecule has 128 valence electrons. The van der Waals surface area contributed by atoms with E-state index in [0.717, 1.165) is 57.8 Å². The van der Waals surface area contributed by atoms with Crippen LogP contribution in [0.25, 0.3) is 0 Å². The maximum absolute atomic E-state index is 11.8. The summed E-state index contributed by atoms with van der Waals surface area (Å²) in [5.41, 5.74) is 0. The Balaban J connectivity index is 2.55. The van der Waals surface area contributed by atoms with Crippen molar-refractivity contribution in [1.82, 2.24) is 0 Å². The highest BCUT2D eigenvalue weighted by atomic mass is 16.5. The van der Waals surface area contributed by atoms with Crippen molar-refractivity contribution in [1.29, 1.82) is 0 Å². The van der Waals surface area contributed by atoms with E-state index in [4.69, 9.17) is 4.74 Å². The number of hydrogen-bond donors (Lipinski definition) is 2. The van der Waals surface area contributed by atoms with E-state index in [2.05, 4.69) is 6.92 Å². The van der Waals surface area contributed by atoms with Gasteiger partial charge in [-0.15, -0.1) is 0 Å². The molecule has 0 fully saturated rings. The van der Waals surface area contributed by atoms with Gasteiger partial charge in [-0.2, -0.15) is 0 Å². The number of unbranched alkanes of at least 4 members (excludes halogenated alkanes) is 2. The molecule has 0 bridgehead atoms. The molecule has 1 aliphatic heterocycles. The third-order valence-electron chi connectivity index (χ3n) is 4.23. The number of hydrogen-bond acceptors (Lipinski definition) is 4. The Morgan fingerprint density at radius 1 is 1.09 bits per heavy atom. The van der Waals surface area contributed by atoms with Gasteiger partial charge < -0.3 is 14.9 Å². The van der Waals surface area contributed by atoms with Crippen molar-refractivity contribution in [3.63, 3.8) is 0 Å². The van der Waals surface area contributed by atoms with Crippen LogP contribution < -0.4 is 0 Å². The number of ether oxygens (including phenoxy) is 1. The average Bonchev–Trinajstić information content (AvgIpc) is 2.49. The number of aliphatic hydroxyl groups is 2. The lowest BCUT2D eigenvalue weighted by Gasteiger charge is -2.18.